The summed E-state index contributed by atoms with van der Waals surface area (Å²) in [5.41, 5.74) is 2.55. The van der Waals surface area contributed by atoms with Gasteiger partial charge in [0.25, 0.3) is 0 Å². The molecular weight excluding hydrogens is 172 g/mol. The number of anilines is 1. The van der Waals surface area contributed by atoms with Crippen molar-refractivity contribution in [3.8, 4) is 0 Å². The first-order valence-corrected chi connectivity index (χ1v) is 4.14. The van der Waals surface area contributed by atoms with Crippen molar-refractivity contribution < 1.29 is 0 Å². The number of rotatable bonds is 0. The lowest BCUT2D eigenvalue weighted by Gasteiger charge is -2.14. The van der Waals surface area contributed by atoms with Gasteiger partial charge in [0.1, 0.15) is 0 Å². The van der Waals surface area contributed by atoms with Crippen molar-refractivity contribution in [2.24, 2.45) is 5.92 Å². The predicted octanol–water partition coefficient (Wildman–Crippen LogP) is 2.03. The minimum absolute atomic E-state index is 0. The van der Waals surface area contributed by atoms with Crippen molar-refractivity contribution in [1.29, 1.82) is 0 Å². The van der Waals surface area contributed by atoms with Gasteiger partial charge in [-0.15, -0.1) is 12.4 Å². The molecule has 2 nitrogen and oxygen atoms in total. The molecule has 12 heavy (non-hydrogen) atoms. The average Bonchev–Trinajstić information content (AvgIpc) is 2.83. The van der Waals surface area contributed by atoms with Crippen LogP contribution in [-0.4, -0.2) is 11.5 Å². The summed E-state index contributed by atoms with van der Waals surface area (Å²) in [5.74, 6) is 1.67. The van der Waals surface area contributed by atoms with Crippen LogP contribution in [0.5, 0.6) is 0 Å². The third-order valence-corrected chi connectivity index (χ3v) is 2.67. The summed E-state index contributed by atoms with van der Waals surface area (Å²) in [6.07, 6.45) is 3.23. The van der Waals surface area contributed by atoms with Crippen LogP contribution in [-0.2, 0) is 0 Å². The number of fused-ring (bicyclic) bond motifs is 3. The SMILES string of the molecule is Cl.c1cnc2c(c1)NCC1CC21. The van der Waals surface area contributed by atoms with E-state index in [1.807, 2.05) is 12.3 Å². The van der Waals surface area contributed by atoms with Gasteiger partial charge in [0, 0.05) is 18.7 Å². The molecule has 0 amide bonds. The van der Waals surface area contributed by atoms with Crippen LogP contribution in [0.2, 0.25) is 0 Å². The van der Waals surface area contributed by atoms with Crippen molar-refractivity contribution in [2.75, 3.05) is 11.9 Å². The molecule has 3 heteroatoms. The Hall–Kier alpha value is -0.760. The first-order chi connectivity index (χ1) is 5.45. The second-order valence-electron chi connectivity index (χ2n) is 3.42. The molecule has 1 aliphatic carbocycles. The lowest BCUT2D eigenvalue weighted by molar-refractivity contribution is 0.796. The molecule has 1 fully saturated rings. The smallest absolute Gasteiger partial charge is 0.0669 e. The fourth-order valence-corrected chi connectivity index (χ4v) is 1.91. The molecule has 1 aromatic rings. The number of hydrogen-bond donors (Lipinski definition) is 1. The molecule has 1 saturated carbocycles. The van der Waals surface area contributed by atoms with E-state index in [-0.39, 0.29) is 12.4 Å². The maximum Gasteiger partial charge on any atom is 0.0669 e. The van der Waals surface area contributed by atoms with Crippen molar-refractivity contribution in [2.45, 2.75) is 12.3 Å². The maximum atomic E-state index is 4.38. The molecule has 0 saturated heterocycles. The standard InChI is InChI=1S/C9H10N2.ClH/c1-2-8-9(10-3-1)7-4-6(7)5-11-8;/h1-3,6-7,11H,4-5H2;1H. The van der Waals surface area contributed by atoms with E-state index in [2.05, 4.69) is 16.4 Å². The van der Waals surface area contributed by atoms with Crippen molar-refractivity contribution in [3.05, 3.63) is 24.0 Å². The molecule has 3 rings (SSSR count). The quantitative estimate of drug-likeness (QED) is 0.664. The number of hydrogen-bond acceptors (Lipinski definition) is 2. The molecule has 0 spiro atoms. The summed E-state index contributed by atoms with van der Waals surface area (Å²) in [5, 5.41) is 3.39. The summed E-state index contributed by atoms with van der Waals surface area (Å²) >= 11 is 0. The normalized spacial score (nSPS) is 29.0. The number of aromatic nitrogens is 1. The zero-order valence-corrected chi connectivity index (χ0v) is 7.47. The zero-order chi connectivity index (χ0) is 7.26. The molecule has 1 aliphatic heterocycles. The molecule has 0 bridgehead atoms. The lowest BCUT2D eigenvalue weighted by Crippen LogP contribution is -2.12. The van der Waals surface area contributed by atoms with E-state index < -0.39 is 0 Å². The first-order valence-electron chi connectivity index (χ1n) is 4.14. The molecule has 2 unspecified atom stereocenters. The van der Waals surface area contributed by atoms with Crippen LogP contribution in [0.1, 0.15) is 18.0 Å². The van der Waals surface area contributed by atoms with E-state index >= 15 is 0 Å². The lowest BCUT2D eigenvalue weighted by atomic mass is 10.1. The summed E-state index contributed by atoms with van der Waals surface area (Å²) in [4.78, 5) is 4.38. The third-order valence-electron chi connectivity index (χ3n) is 2.67. The van der Waals surface area contributed by atoms with Gasteiger partial charge < -0.3 is 5.32 Å². The van der Waals surface area contributed by atoms with Crippen molar-refractivity contribution in [1.82, 2.24) is 4.98 Å². The Morgan fingerprint density at radius 2 is 2.42 bits per heavy atom. The van der Waals surface area contributed by atoms with Gasteiger partial charge in [-0.3, -0.25) is 4.98 Å². The fourth-order valence-electron chi connectivity index (χ4n) is 1.91. The van der Waals surface area contributed by atoms with Gasteiger partial charge in [0.2, 0.25) is 0 Å². The summed E-state index contributed by atoms with van der Waals surface area (Å²) in [7, 11) is 0. The van der Waals surface area contributed by atoms with E-state index in [4.69, 9.17) is 0 Å². The Morgan fingerprint density at radius 3 is 3.33 bits per heavy atom. The summed E-state index contributed by atoms with van der Waals surface area (Å²) in [6, 6.07) is 4.12. The predicted molar refractivity (Wildman–Crippen MR) is 50.8 cm³/mol. The Balaban J connectivity index is 0.000000563. The van der Waals surface area contributed by atoms with Gasteiger partial charge in [-0.1, -0.05) is 0 Å². The molecule has 0 radical (unpaired) electrons. The van der Waals surface area contributed by atoms with Gasteiger partial charge in [-0.05, 0) is 24.5 Å². The first kappa shape index (κ1) is 7.87. The van der Waals surface area contributed by atoms with Crippen LogP contribution >= 0.6 is 12.4 Å². The highest BCUT2D eigenvalue weighted by atomic mass is 35.5. The van der Waals surface area contributed by atoms with Crippen molar-refractivity contribution in [3.63, 3.8) is 0 Å². The number of nitrogens with zero attached hydrogens (tertiary/aromatic N) is 1. The van der Waals surface area contributed by atoms with E-state index in [0.717, 1.165) is 18.4 Å². The van der Waals surface area contributed by atoms with Gasteiger partial charge in [-0.25, -0.2) is 0 Å². The fraction of sp³-hybridized carbons (Fsp3) is 0.444. The molecule has 2 aliphatic rings. The van der Waals surface area contributed by atoms with E-state index in [1.165, 1.54) is 17.8 Å². The van der Waals surface area contributed by atoms with Crippen LogP contribution in [0.15, 0.2) is 18.3 Å². The molecule has 0 aromatic carbocycles. The molecule has 64 valence electrons. The maximum absolute atomic E-state index is 4.38. The van der Waals surface area contributed by atoms with Crippen LogP contribution in [0.4, 0.5) is 5.69 Å². The highest BCUT2D eigenvalue weighted by molar-refractivity contribution is 5.85. The number of nitrogens with one attached hydrogen (secondary N) is 1. The monoisotopic (exact) mass is 182 g/mol. The van der Waals surface area contributed by atoms with Gasteiger partial charge in [-0.2, -0.15) is 0 Å². The molecule has 2 atom stereocenters. The van der Waals surface area contributed by atoms with Crippen LogP contribution in [0, 0.1) is 5.92 Å². The van der Waals surface area contributed by atoms with Crippen molar-refractivity contribution >= 4 is 18.1 Å². The van der Waals surface area contributed by atoms with Gasteiger partial charge in [0.05, 0.1) is 11.4 Å². The number of halogens is 1. The largest absolute Gasteiger partial charge is 0.383 e. The summed E-state index contributed by atoms with van der Waals surface area (Å²) < 4.78 is 0. The van der Waals surface area contributed by atoms with Crippen LogP contribution < -0.4 is 5.32 Å². The van der Waals surface area contributed by atoms with Gasteiger partial charge in [0.15, 0.2) is 0 Å². The van der Waals surface area contributed by atoms with E-state index in [0.29, 0.717) is 0 Å². The Bertz CT molecular complexity index is 300. The Labute approximate surface area is 77.8 Å². The molecule has 1 aromatic heterocycles. The Kier molecular flexibility index (Phi) is 1.72. The minimum atomic E-state index is 0. The van der Waals surface area contributed by atoms with E-state index in [9.17, 15) is 0 Å². The average molecular weight is 183 g/mol. The third kappa shape index (κ3) is 0.985. The Morgan fingerprint density at radius 1 is 1.50 bits per heavy atom. The molecular formula is C9H11ClN2. The van der Waals surface area contributed by atoms with Crippen LogP contribution in [0.3, 0.4) is 0 Å². The second-order valence-corrected chi connectivity index (χ2v) is 3.42. The second kappa shape index (κ2) is 2.63. The molecule has 1 N–H and O–H groups in total. The van der Waals surface area contributed by atoms with Crippen LogP contribution in [0.25, 0.3) is 0 Å². The van der Waals surface area contributed by atoms with Gasteiger partial charge >= 0.3 is 0 Å². The summed E-state index contributed by atoms with van der Waals surface area (Å²) in [6.45, 7) is 1.16. The van der Waals surface area contributed by atoms with E-state index in [1.54, 1.807) is 0 Å². The number of pyridine rings is 1. The minimum Gasteiger partial charge on any atom is -0.383 e. The highest BCUT2D eigenvalue weighted by Gasteiger charge is 2.43. The zero-order valence-electron chi connectivity index (χ0n) is 6.66. The molecule has 2 heterocycles. The topological polar surface area (TPSA) is 24.9 Å². The highest BCUT2D eigenvalue weighted by Crippen LogP contribution is 2.51.